The fraction of sp³-hybridized carbons (Fsp3) is 0.130. The first-order chi connectivity index (χ1) is 16.0. The summed E-state index contributed by atoms with van der Waals surface area (Å²) in [5.74, 6) is 1.30. The van der Waals surface area contributed by atoms with Crippen LogP contribution in [0.25, 0.3) is 17.1 Å². The third kappa shape index (κ3) is 5.62. The van der Waals surface area contributed by atoms with Crippen LogP contribution in [-0.4, -0.2) is 39.7 Å². The average molecular weight is 498 g/mol. The molecule has 33 heavy (non-hydrogen) atoms. The van der Waals surface area contributed by atoms with E-state index in [1.165, 1.54) is 11.8 Å². The molecule has 4 aromatic rings. The molecule has 0 aliphatic carbocycles. The van der Waals surface area contributed by atoms with Gasteiger partial charge in [0.15, 0.2) is 11.0 Å². The fourth-order valence-corrected chi connectivity index (χ4v) is 4.61. The number of methoxy groups -OCH3 is 1. The lowest BCUT2D eigenvalue weighted by Gasteiger charge is -2.11. The lowest BCUT2D eigenvalue weighted by molar-refractivity contribution is -0.118. The normalized spacial score (nSPS) is 11.1. The molecule has 2 heterocycles. The molecular weight excluding hydrogens is 478 g/mol. The quantitative estimate of drug-likeness (QED) is 0.205. The van der Waals surface area contributed by atoms with E-state index >= 15 is 0 Å². The molecule has 168 valence electrons. The lowest BCUT2D eigenvalue weighted by atomic mass is 10.2. The van der Waals surface area contributed by atoms with Crippen LogP contribution in [0.4, 0.5) is 0 Å². The second-order valence-electron chi connectivity index (χ2n) is 6.90. The molecule has 0 spiro atoms. The molecule has 0 radical (unpaired) electrons. The number of amides is 1. The number of hydrogen-bond donors (Lipinski definition) is 1. The predicted octanol–water partition coefficient (Wildman–Crippen LogP) is 5.21. The van der Waals surface area contributed by atoms with Crippen molar-refractivity contribution in [2.75, 3.05) is 12.9 Å². The van der Waals surface area contributed by atoms with Crippen LogP contribution < -0.4 is 10.2 Å². The van der Waals surface area contributed by atoms with Crippen molar-refractivity contribution in [1.82, 2.24) is 20.2 Å². The van der Waals surface area contributed by atoms with E-state index in [1.807, 2.05) is 59.3 Å². The van der Waals surface area contributed by atoms with E-state index in [1.54, 1.807) is 36.8 Å². The van der Waals surface area contributed by atoms with Gasteiger partial charge in [-0.15, -0.1) is 21.5 Å². The number of aromatic nitrogens is 3. The van der Waals surface area contributed by atoms with Gasteiger partial charge in [0, 0.05) is 21.2 Å². The van der Waals surface area contributed by atoms with Crippen LogP contribution in [0, 0.1) is 6.92 Å². The monoisotopic (exact) mass is 497 g/mol. The largest absolute Gasteiger partial charge is 0.497 e. The first kappa shape index (κ1) is 23.0. The maximum atomic E-state index is 12.3. The van der Waals surface area contributed by atoms with Gasteiger partial charge >= 0.3 is 0 Å². The molecule has 0 bridgehead atoms. The van der Waals surface area contributed by atoms with Crippen LogP contribution in [0.5, 0.6) is 5.75 Å². The first-order valence-corrected chi connectivity index (χ1v) is 12.1. The summed E-state index contributed by atoms with van der Waals surface area (Å²) in [6.45, 7) is 2.00. The number of nitrogens with zero attached hydrogens (tertiary/aromatic N) is 4. The first-order valence-electron chi connectivity index (χ1n) is 9.89. The summed E-state index contributed by atoms with van der Waals surface area (Å²) >= 11 is 8.92. The summed E-state index contributed by atoms with van der Waals surface area (Å²) in [6.07, 6.45) is 1.65. The van der Waals surface area contributed by atoms with E-state index in [0.29, 0.717) is 16.0 Å². The van der Waals surface area contributed by atoms with Crippen molar-refractivity contribution in [2.24, 2.45) is 5.10 Å². The number of hydrogen-bond acceptors (Lipinski definition) is 7. The Morgan fingerprint density at radius 1 is 1.18 bits per heavy atom. The molecule has 0 aliphatic heterocycles. The fourth-order valence-electron chi connectivity index (χ4n) is 2.96. The van der Waals surface area contributed by atoms with Crippen LogP contribution in [0.1, 0.15) is 10.4 Å². The molecule has 0 unspecified atom stereocenters. The van der Waals surface area contributed by atoms with Crippen LogP contribution >= 0.6 is 34.7 Å². The van der Waals surface area contributed by atoms with Crippen molar-refractivity contribution in [3.8, 4) is 22.8 Å². The molecule has 7 nitrogen and oxygen atoms in total. The van der Waals surface area contributed by atoms with Crippen molar-refractivity contribution < 1.29 is 9.53 Å². The van der Waals surface area contributed by atoms with Gasteiger partial charge in [0.05, 0.1) is 19.1 Å². The van der Waals surface area contributed by atoms with Crippen molar-refractivity contribution >= 4 is 46.8 Å². The zero-order valence-electron chi connectivity index (χ0n) is 17.9. The highest BCUT2D eigenvalue weighted by Gasteiger charge is 2.17. The number of aryl methyl sites for hydroxylation is 1. The van der Waals surface area contributed by atoms with Crippen LogP contribution in [0.3, 0.4) is 0 Å². The van der Waals surface area contributed by atoms with E-state index < -0.39 is 0 Å². The molecule has 0 fully saturated rings. The van der Waals surface area contributed by atoms with E-state index in [2.05, 4.69) is 20.7 Å². The van der Waals surface area contributed by atoms with Crippen molar-refractivity contribution in [3.05, 3.63) is 75.4 Å². The Balaban J connectivity index is 1.54. The lowest BCUT2D eigenvalue weighted by Crippen LogP contribution is -2.20. The Morgan fingerprint density at radius 2 is 1.94 bits per heavy atom. The minimum absolute atomic E-state index is 0.134. The Bertz CT molecular complexity index is 1270. The number of hydrazone groups is 1. The third-order valence-electron chi connectivity index (χ3n) is 4.67. The summed E-state index contributed by atoms with van der Waals surface area (Å²) in [4.78, 5) is 13.3. The Hall–Kier alpha value is -3.14. The van der Waals surface area contributed by atoms with Crippen molar-refractivity contribution in [2.45, 2.75) is 12.1 Å². The number of carbonyl (C=O) groups excluding carboxylic acids is 1. The number of benzene rings is 2. The highest BCUT2D eigenvalue weighted by molar-refractivity contribution is 7.99. The Labute approximate surface area is 204 Å². The molecule has 10 heteroatoms. The zero-order valence-corrected chi connectivity index (χ0v) is 20.2. The van der Waals surface area contributed by atoms with Gasteiger partial charge in [-0.3, -0.25) is 9.36 Å². The standard InChI is InChI=1S/C23H20ClN5O2S2/c1-15-11-12-32-20(15)13-25-26-21(30)14-33-23-28-27-22(16-3-9-19(31-2)10-4-16)29(23)18-7-5-17(24)6-8-18/h3-13H,14H2,1-2H3,(H,26,30)/b25-13-. The summed E-state index contributed by atoms with van der Waals surface area (Å²) in [5, 5.41) is 16.0. The number of thiophene rings is 1. The highest BCUT2D eigenvalue weighted by atomic mass is 35.5. The van der Waals surface area contributed by atoms with Gasteiger partial charge in [0.2, 0.25) is 0 Å². The van der Waals surface area contributed by atoms with Gasteiger partial charge in [-0.1, -0.05) is 23.4 Å². The molecule has 1 amide bonds. The van der Waals surface area contributed by atoms with Gasteiger partial charge in [0.25, 0.3) is 5.91 Å². The number of carbonyl (C=O) groups is 1. The predicted molar refractivity (Wildman–Crippen MR) is 134 cm³/mol. The third-order valence-corrected chi connectivity index (χ3v) is 6.81. The molecule has 0 saturated heterocycles. The molecule has 2 aromatic heterocycles. The number of nitrogens with one attached hydrogen (secondary N) is 1. The number of rotatable bonds is 8. The minimum Gasteiger partial charge on any atom is -0.497 e. The zero-order chi connectivity index (χ0) is 23.2. The highest BCUT2D eigenvalue weighted by Crippen LogP contribution is 2.29. The second kappa shape index (κ2) is 10.7. The van der Waals surface area contributed by atoms with Gasteiger partial charge in [0.1, 0.15) is 5.75 Å². The van der Waals surface area contributed by atoms with Gasteiger partial charge in [-0.25, -0.2) is 5.43 Å². The summed E-state index contributed by atoms with van der Waals surface area (Å²) in [5.41, 5.74) is 5.39. The van der Waals surface area contributed by atoms with E-state index in [-0.39, 0.29) is 11.7 Å². The Kier molecular flexibility index (Phi) is 7.43. The SMILES string of the molecule is COc1ccc(-c2nnc(SCC(=O)N/N=C\c3sccc3C)n2-c2ccc(Cl)cc2)cc1. The average Bonchev–Trinajstić information content (AvgIpc) is 3.44. The van der Waals surface area contributed by atoms with Gasteiger partial charge < -0.3 is 4.74 Å². The topological polar surface area (TPSA) is 81.4 Å². The van der Waals surface area contributed by atoms with Crippen LogP contribution in [0.15, 0.2) is 70.2 Å². The number of ether oxygens (including phenoxy) is 1. The molecule has 0 aliphatic rings. The minimum atomic E-state index is -0.234. The van der Waals surface area contributed by atoms with E-state index in [4.69, 9.17) is 16.3 Å². The van der Waals surface area contributed by atoms with E-state index in [9.17, 15) is 4.79 Å². The maximum absolute atomic E-state index is 12.3. The number of thioether (sulfide) groups is 1. The summed E-state index contributed by atoms with van der Waals surface area (Å²) in [7, 11) is 1.62. The molecule has 2 aromatic carbocycles. The smallest absolute Gasteiger partial charge is 0.250 e. The molecule has 1 N–H and O–H groups in total. The summed E-state index contributed by atoms with van der Waals surface area (Å²) < 4.78 is 7.15. The van der Waals surface area contributed by atoms with Crippen LogP contribution in [0.2, 0.25) is 5.02 Å². The Morgan fingerprint density at radius 3 is 2.61 bits per heavy atom. The van der Waals surface area contributed by atoms with Crippen LogP contribution in [-0.2, 0) is 4.79 Å². The molecule has 0 atom stereocenters. The maximum Gasteiger partial charge on any atom is 0.250 e. The summed E-state index contributed by atoms with van der Waals surface area (Å²) in [6, 6.07) is 16.9. The number of halogens is 1. The molecule has 0 saturated carbocycles. The van der Waals surface area contributed by atoms with E-state index in [0.717, 1.165) is 27.4 Å². The van der Waals surface area contributed by atoms with Gasteiger partial charge in [-0.05, 0) is 72.5 Å². The van der Waals surface area contributed by atoms with Crippen molar-refractivity contribution in [3.63, 3.8) is 0 Å². The second-order valence-corrected chi connectivity index (χ2v) is 9.22. The van der Waals surface area contributed by atoms with Gasteiger partial charge in [-0.2, -0.15) is 5.10 Å². The molecule has 4 rings (SSSR count). The van der Waals surface area contributed by atoms with Crippen molar-refractivity contribution in [1.29, 1.82) is 0 Å². The molecular formula is C23H20ClN5O2S2.